The lowest BCUT2D eigenvalue weighted by Gasteiger charge is -2.26. The van der Waals surface area contributed by atoms with Crippen LogP contribution in [0.2, 0.25) is 0 Å². The van der Waals surface area contributed by atoms with Gasteiger partial charge in [-0.25, -0.2) is 5.84 Å². The van der Waals surface area contributed by atoms with Crippen LogP contribution < -0.4 is 11.3 Å². The van der Waals surface area contributed by atoms with Crippen LogP contribution in [-0.4, -0.2) is 11.2 Å². The molecular formula is C13H20N2OS2. The molecule has 1 aliphatic rings. The molecule has 0 saturated heterocycles. The van der Waals surface area contributed by atoms with Crippen molar-refractivity contribution >= 4 is 29.0 Å². The van der Waals surface area contributed by atoms with E-state index in [1.165, 1.54) is 37.0 Å². The standard InChI is InChI=1S/C13H20N2OS2/c1-9-3-2-4-11(7-9)18-8-10-5-6-17-12(10)13(16)15-14/h5-6,9,11H,2-4,7-8,14H2,1H3,(H,15,16). The predicted octanol–water partition coefficient (Wildman–Crippen LogP) is 3.16. The molecule has 2 atom stereocenters. The highest BCUT2D eigenvalue weighted by Crippen LogP contribution is 2.34. The van der Waals surface area contributed by atoms with Crippen molar-refractivity contribution in [3.05, 3.63) is 21.9 Å². The number of nitrogens with one attached hydrogen (secondary N) is 1. The van der Waals surface area contributed by atoms with E-state index in [2.05, 4.69) is 12.3 Å². The first-order valence-electron chi connectivity index (χ1n) is 6.39. The minimum absolute atomic E-state index is 0.169. The summed E-state index contributed by atoms with van der Waals surface area (Å²) in [5, 5.41) is 2.71. The number of carbonyl (C=O) groups is 1. The molecule has 5 heteroatoms. The minimum atomic E-state index is -0.169. The van der Waals surface area contributed by atoms with Gasteiger partial charge in [-0.15, -0.1) is 11.3 Å². The van der Waals surface area contributed by atoms with Gasteiger partial charge in [0.25, 0.3) is 5.91 Å². The van der Waals surface area contributed by atoms with Crippen LogP contribution in [0.25, 0.3) is 0 Å². The summed E-state index contributed by atoms with van der Waals surface area (Å²) >= 11 is 3.45. The third-order valence-corrected chi connectivity index (χ3v) is 5.78. The first-order chi connectivity index (χ1) is 8.70. The highest BCUT2D eigenvalue weighted by molar-refractivity contribution is 7.99. The molecule has 3 N–H and O–H groups in total. The Balaban J connectivity index is 1.90. The van der Waals surface area contributed by atoms with E-state index >= 15 is 0 Å². The molecule has 1 aliphatic carbocycles. The van der Waals surface area contributed by atoms with Crippen LogP contribution in [0.1, 0.15) is 47.8 Å². The number of nitrogens with two attached hydrogens (primary N) is 1. The molecule has 100 valence electrons. The number of hydrogen-bond donors (Lipinski definition) is 2. The van der Waals surface area contributed by atoms with Gasteiger partial charge in [0.2, 0.25) is 0 Å². The smallest absolute Gasteiger partial charge is 0.275 e. The second kappa shape index (κ2) is 6.59. The van der Waals surface area contributed by atoms with Gasteiger partial charge in [-0.2, -0.15) is 11.8 Å². The number of hydrogen-bond acceptors (Lipinski definition) is 4. The third-order valence-electron chi connectivity index (χ3n) is 3.45. The van der Waals surface area contributed by atoms with Crippen LogP contribution in [-0.2, 0) is 5.75 Å². The first kappa shape index (κ1) is 13.9. The van der Waals surface area contributed by atoms with Crippen molar-refractivity contribution in [1.29, 1.82) is 0 Å². The molecule has 1 aromatic heterocycles. The number of nitrogen functional groups attached to an aromatic ring is 1. The minimum Gasteiger partial charge on any atom is -0.289 e. The summed E-state index contributed by atoms with van der Waals surface area (Å²) in [5.74, 6) is 6.79. The highest BCUT2D eigenvalue weighted by atomic mass is 32.2. The zero-order valence-electron chi connectivity index (χ0n) is 10.6. The number of amides is 1. The lowest BCUT2D eigenvalue weighted by molar-refractivity contribution is 0.0957. The summed E-state index contributed by atoms with van der Waals surface area (Å²) in [5.41, 5.74) is 3.33. The van der Waals surface area contributed by atoms with Gasteiger partial charge in [-0.1, -0.05) is 19.8 Å². The molecule has 1 saturated carbocycles. The Morgan fingerprint density at radius 3 is 3.17 bits per heavy atom. The normalized spacial score (nSPS) is 23.9. The van der Waals surface area contributed by atoms with E-state index in [-0.39, 0.29) is 5.91 Å². The molecule has 1 heterocycles. The zero-order chi connectivity index (χ0) is 13.0. The summed E-state index contributed by atoms with van der Waals surface area (Å²) in [6, 6.07) is 2.04. The van der Waals surface area contributed by atoms with Crippen LogP contribution >= 0.6 is 23.1 Å². The number of rotatable bonds is 4. The van der Waals surface area contributed by atoms with Gasteiger partial charge >= 0.3 is 0 Å². The largest absolute Gasteiger partial charge is 0.289 e. The van der Waals surface area contributed by atoms with Crippen LogP contribution in [0.15, 0.2) is 11.4 Å². The van der Waals surface area contributed by atoms with Gasteiger partial charge in [0, 0.05) is 11.0 Å². The van der Waals surface area contributed by atoms with Gasteiger partial charge in [0.15, 0.2) is 0 Å². The van der Waals surface area contributed by atoms with E-state index in [4.69, 9.17) is 5.84 Å². The van der Waals surface area contributed by atoms with Crippen molar-refractivity contribution in [3.63, 3.8) is 0 Å². The molecular weight excluding hydrogens is 264 g/mol. The zero-order valence-corrected chi connectivity index (χ0v) is 12.3. The molecule has 0 aliphatic heterocycles. The summed E-state index contributed by atoms with van der Waals surface area (Å²) in [7, 11) is 0. The number of thioether (sulfide) groups is 1. The fourth-order valence-corrected chi connectivity index (χ4v) is 4.82. The van der Waals surface area contributed by atoms with Gasteiger partial charge in [0.05, 0.1) is 4.88 Å². The van der Waals surface area contributed by atoms with E-state index in [1.54, 1.807) is 0 Å². The molecule has 1 fully saturated rings. The van der Waals surface area contributed by atoms with Crippen LogP contribution in [0, 0.1) is 5.92 Å². The third kappa shape index (κ3) is 3.49. The van der Waals surface area contributed by atoms with Gasteiger partial charge in [-0.3, -0.25) is 10.2 Å². The summed E-state index contributed by atoms with van der Waals surface area (Å²) in [6.45, 7) is 2.34. The second-order valence-electron chi connectivity index (χ2n) is 4.95. The number of carbonyl (C=O) groups excluding carboxylic acids is 1. The Labute approximate surface area is 116 Å². The SMILES string of the molecule is CC1CCCC(SCc2ccsc2C(=O)NN)C1. The maximum absolute atomic E-state index is 11.6. The molecule has 0 bridgehead atoms. The van der Waals surface area contributed by atoms with Gasteiger partial charge < -0.3 is 0 Å². The van der Waals surface area contributed by atoms with Crippen molar-refractivity contribution in [3.8, 4) is 0 Å². The first-order valence-corrected chi connectivity index (χ1v) is 8.32. The number of thiophene rings is 1. The Morgan fingerprint density at radius 1 is 1.61 bits per heavy atom. The molecule has 0 aromatic carbocycles. The average molecular weight is 284 g/mol. The molecule has 2 unspecified atom stereocenters. The molecule has 1 amide bonds. The van der Waals surface area contributed by atoms with Crippen LogP contribution in [0.5, 0.6) is 0 Å². The van der Waals surface area contributed by atoms with E-state index in [0.717, 1.165) is 27.4 Å². The second-order valence-corrected chi connectivity index (χ2v) is 7.16. The summed E-state index contributed by atoms with van der Waals surface area (Å²) in [6.07, 6.45) is 5.35. The molecule has 0 spiro atoms. The lowest BCUT2D eigenvalue weighted by Crippen LogP contribution is -2.29. The van der Waals surface area contributed by atoms with Crippen molar-refractivity contribution in [2.24, 2.45) is 11.8 Å². The quantitative estimate of drug-likeness (QED) is 0.507. The van der Waals surface area contributed by atoms with Gasteiger partial charge in [0.1, 0.15) is 0 Å². The Bertz CT molecular complexity index is 405. The maximum Gasteiger partial charge on any atom is 0.275 e. The molecule has 0 radical (unpaired) electrons. The fourth-order valence-electron chi connectivity index (χ4n) is 2.45. The molecule has 1 aromatic rings. The molecule has 2 rings (SSSR count). The lowest BCUT2D eigenvalue weighted by atomic mass is 9.91. The van der Waals surface area contributed by atoms with E-state index in [9.17, 15) is 4.79 Å². The number of hydrazine groups is 1. The molecule has 3 nitrogen and oxygen atoms in total. The average Bonchev–Trinajstić information content (AvgIpc) is 2.84. The van der Waals surface area contributed by atoms with Crippen LogP contribution in [0.3, 0.4) is 0 Å². The highest BCUT2D eigenvalue weighted by Gasteiger charge is 2.20. The fraction of sp³-hybridized carbons (Fsp3) is 0.615. The Morgan fingerprint density at radius 2 is 2.44 bits per heavy atom. The summed E-state index contributed by atoms with van der Waals surface area (Å²) < 4.78 is 0. The van der Waals surface area contributed by atoms with Crippen molar-refractivity contribution in [2.75, 3.05) is 0 Å². The van der Waals surface area contributed by atoms with Crippen molar-refractivity contribution in [1.82, 2.24) is 5.43 Å². The predicted molar refractivity (Wildman–Crippen MR) is 78.7 cm³/mol. The van der Waals surface area contributed by atoms with E-state index < -0.39 is 0 Å². The van der Waals surface area contributed by atoms with Crippen molar-refractivity contribution < 1.29 is 4.79 Å². The van der Waals surface area contributed by atoms with E-state index in [0.29, 0.717) is 0 Å². The van der Waals surface area contributed by atoms with Crippen molar-refractivity contribution in [2.45, 2.75) is 43.6 Å². The Kier molecular flexibility index (Phi) is 5.09. The van der Waals surface area contributed by atoms with Gasteiger partial charge in [-0.05, 0) is 35.8 Å². The monoisotopic (exact) mass is 284 g/mol. The maximum atomic E-state index is 11.6. The topological polar surface area (TPSA) is 55.1 Å². The van der Waals surface area contributed by atoms with Crippen LogP contribution in [0.4, 0.5) is 0 Å². The summed E-state index contributed by atoms with van der Waals surface area (Å²) in [4.78, 5) is 12.3. The Hall–Kier alpha value is -0.520. The van der Waals surface area contributed by atoms with E-state index in [1.807, 2.05) is 23.2 Å². The molecule has 18 heavy (non-hydrogen) atoms.